The van der Waals surface area contributed by atoms with Gasteiger partial charge in [-0.15, -0.1) is 12.4 Å². The van der Waals surface area contributed by atoms with Crippen molar-refractivity contribution in [2.45, 2.75) is 37.8 Å². The van der Waals surface area contributed by atoms with Crippen LogP contribution in [0.3, 0.4) is 0 Å². The highest BCUT2D eigenvalue weighted by atomic mass is 35.5. The fraction of sp³-hybridized carbons (Fsp3) is 0.538. The number of hydrogen-bond donors (Lipinski definition) is 2. The lowest BCUT2D eigenvalue weighted by molar-refractivity contribution is -0.385. The number of aliphatic hydroxyl groups is 1. The number of rotatable bonds is 4. The van der Waals surface area contributed by atoms with E-state index in [1.165, 1.54) is 18.2 Å². The van der Waals surface area contributed by atoms with Gasteiger partial charge in [-0.05, 0) is 30.9 Å². The van der Waals surface area contributed by atoms with Gasteiger partial charge in [-0.2, -0.15) is 0 Å². The third-order valence-corrected chi connectivity index (χ3v) is 4.03. The highest BCUT2D eigenvalue weighted by molar-refractivity contribution is 6.30. The first-order valence-electron chi connectivity index (χ1n) is 6.38. The molecule has 0 amide bonds. The van der Waals surface area contributed by atoms with Crippen molar-refractivity contribution >= 4 is 29.7 Å². The molecular formula is C13H18Cl2N2O3. The van der Waals surface area contributed by atoms with Crippen molar-refractivity contribution in [1.82, 2.24) is 0 Å². The first-order valence-corrected chi connectivity index (χ1v) is 6.76. The van der Waals surface area contributed by atoms with Gasteiger partial charge in [0.15, 0.2) is 0 Å². The van der Waals surface area contributed by atoms with E-state index in [0.29, 0.717) is 10.6 Å². The average molecular weight is 321 g/mol. The van der Waals surface area contributed by atoms with Crippen LogP contribution in [0.25, 0.3) is 0 Å². The Morgan fingerprint density at radius 3 is 2.55 bits per heavy atom. The Kier molecular flexibility index (Phi) is 6.20. The summed E-state index contributed by atoms with van der Waals surface area (Å²) in [7, 11) is 0. The topological polar surface area (TPSA) is 89.4 Å². The Morgan fingerprint density at radius 2 is 2.00 bits per heavy atom. The van der Waals surface area contributed by atoms with Crippen molar-refractivity contribution in [3.8, 4) is 0 Å². The summed E-state index contributed by atoms with van der Waals surface area (Å²) in [6.07, 6.45) is 3.23. The van der Waals surface area contributed by atoms with Crippen LogP contribution in [-0.2, 0) is 0 Å². The first kappa shape index (κ1) is 17.2. The maximum absolute atomic E-state index is 11.0. The highest BCUT2D eigenvalue weighted by Gasteiger charge is 2.32. The molecule has 1 aliphatic rings. The number of hydrogen-bond acceptors (Lipinski definition) is 4. The fourth-order valence-corrected chi connectivity index (χ4v) is 2.92. The van der Waals surface area contributed by atoms with Gasteiger partial charge in [0, 0.05) is 11.1 Å². The summed E-state index contributed by atoms with van der Waals surface area (Å²) in [5, 5.41) is 21.7. The summed E-state index contributed by atoms with van der Waals surface area (Å²) < 4.78 is 0. The molecule has 0 aromatic heterocycles. The minimum Gasteiger partial charge on any atom is -0.391 e. The number of nitrogens with two attached hydrogens (primary N) is 1. The maximum Gasteiger partial charge on any atom is 0.274 e. The lowest BCUT2D eigenvalue weighted by atomic mass is 9.90. The van der Waals surface area contributed by atoms with Crippen molar-refractivity contribution in [3.05, 3.63) is 38.9 Å². The Hall–Kier alpha value is -0.880. The SMILES string of the molecule is Cl.N[C@H](c1cc(Cl)ccc1[N+](=O)[O-])[C@@H](O)C1CCCC1. The zero-order valence-corrected chi connectivity index (χ0v) is 12.4. The normalized spacial score (nSPS) is 18.4. The van der Waals surface area contributed by atoms with Crippen molar-refractivity contribution in [2.75, 3.05) is 0 Å². The van der Waals surface area contributed by atoms with E-state index in [-0.39, 0.29) is 24.0 Å². The Balaban J connectivity index is 0.00000200. The molecule has 0 bridgehead atoms. The molecule has 1 saturated carbocycles. The molecule has 2 rings (SSSR count). The molecule has 3 N–H and O–H groups in total. The smallest absolute Gasteiger partial charge is 0.274 e. The molecule has 5 nitrogen and oxygen atoms in total. The first-order chi connectivity index (χ1) is 9.00. The van der Waals surface area contributed by atoms with E-state index in [1.807, 2.05) is 0 Å². The van der Waals surface area contributed by atoms with Gasteiger partial charge in [-0.1, -0.05) is 24.4 Å². The Labute approximate surface area is 128 Å². The van der Waals surface area contributed by atoms with Gasteiger partial charge in [0.1, 0.15) is 0 Å². The van der Waals surface area contributed by atoms with Gasteiger partial charge in [0.2, 0.25) is 0 Å². The molecule has 0 unspecified atom stereocenters. The van der Waals surface area contributed by atoms with Crippen LogP contribution in [0.4, 0.5) is 5.69 Å². The number of benzene rings is 1. The summed E-state index contributed by atoms with van der Waals surface area (Å²) >= 11 is 5.87. The van der Waals surface area contributed by atoms with Crippen LogP contribution in [0.5, 0.6) is 0 Å². The van der Waals surface area contributed by atoms with Crippen LogP contribution < -0.4 is 5.73 Å². The van der Waals surface area contributed by atoms with E-state index in [0.717, 1.165) is 25.7 Å². The van der Waals surface area contributed by atoms with Crippen LogP contribution in [0.1, 0.15) is 37.3 Å². The quantitative estimate of drug-likeness (QED) is 0.658. The number of nitro benzene ring substituents is 1. The monoisotopic (exact) mass is 320 g/mol. The van der Waals surface area contributed by atoms with Gasteiger partial charge in [0.25, 0.3) is 5.69 Å². The van der Waals surface area contributed by atoms with Crippen molar-refractivity contribution in [1.29, 1.82) is 0 Å². The van der Waals surface area contributed by atoms with Gasteiger partial charge in [0.05, 0.1) is 22.6 Å². The second kappa shape index (κ2) is 7.22. The van der Waals surface area contributed by atoms with Crippen molar-refractivity contribution in [3.63, 3.8) is 0 Å². The second-order valence-electron chi connectivity index (χ2n) is 5.02. The molecule has 7 heteroatoms. The molecule has 112 valence electrons. The van der Waals surface area contributed by atoms with Crippen molar-refractivity contribution < 1.29 is 10.0 Å². The van der Waals surface area contributed by atoms with E-state index in [9.17, 15) is 15.2 Å². The van der Waals surface area contributed by atoms with Gasteiger partial charge < -0.3 is 10.8 Å². The number of nitrogens with zero attached hydrogens (tertiary/aromatic N) is 1. The summed E-state index contributed by atoms with van der Waals surface area (Å²) in [5.41, 5.74) is 6.23. The second-order valence-corrected chi connectivity index (χ2v) is 5.46. The summed E-state index contributed by atoms with van der Waals surface area (Å²) in [4.78, 5) is 10.5. The molecule has 1 fully saturated rings. The summed E-state index contributed by atoms with van der Waals surface area (Å²) in [5.74, 6) is 0.119. The molecule has 0 heterocycles. The third kappa shape index (κ3) is 3.61. The number of nitro groups is 1. The molecule has 2 atom stereocenters. The Bertz CT molecular complexity index is 479. The third-order valence-electron chi connectivity index (χ3n) is 3.80. The highest BCUT2D eigenvalue weighted by Crippen LogP contribution is 2.35. The van der Waals surface area contributed by atoms with E-state index in [2.05, 4.69) is 0 Å². The average Bonchev–Trinajstić information content (AvgIpc) is 2.90. The van der Waals surface area contributed by atoms with Gasteiger partial charge >= 0.3 is 0 Å². The molecular weight excluding hydrogens is 303 g/mol. The van der Waals surface area contributed by atoms with Crippen LogP contribution in [0.15, 0.2) is 18.2 Å². The molecule has 0 aliphatic heterocycles. The van der Waals surface area contributed by atoms with E-state index in [4.69, 9.17) is 17.3 Å². The predicted octanol–water partition coefficient (Wildman–Crippen LogP) is 3.22. The van der Waals surface area contributed by atoms with Gasteiger partial charge in [-0.25, -0.2) is 0 Å². The lowest BCUT2D eigenvalue weighted by Crippen LogP contribution is -2.32. The molecule has 0 spiro atoms. The Morgan fingerprint density at radius 1 is 1.40 bits per heavy atom. The molecule has 1 aliphatic carbocycles. The van der Waals surface area contributed by atoms with E-state index < -0.39 is 17.1 Å². The summed E-state index contributed by atoms with van der Waals surface area (Å²) in [6, 6.07) is 3.49. The predicted molar refractivity (Wildman–Crippen MR) is 80.2 cm³/mol. The van der Waals surface area contributed by atoms with E-state index >= 15 is 0 Å². The summed E-state index contributed by atoms with van der Waals surface area (Å²) in [6.45, 7) is 0. The lowest BCUT2D eigenvalue weighted by Gasteiger charge is -2.24. The fourth-order valence-electron chi connectivity index (χ4n) is 2.73. The largest absolute Gasteiger partial charge is 0.391 e. The van der Waals surface area contributed by atoms with Crippen LogP contribution in [-0.4, -0.2) is 16.1 Å². The van der Waals surface area contributed by atoms with Crippen LogP contribution >= 0.6 is 24.0 Å². The molecule has 1 aromatic rings. The molecule has 1 aromatic carbocycles. The maximum atomic E-state index is 11.0. The number of aliphatic hydroxyl groups excluding tert-OH is 1. The van der Waals surface area contributed by atoms with Gasteiger partial charge in [-0.3, -0.25) is 10.1 Å². The molecule has 20 heavy (non-hydrogen) atoms. The minimum absolute atomic E-state index is 0. The zero-order valence-electron chi connectivity index (χ0n) is 10.9. The zero-order chi connectivity index (χ0) is 14.0. The van der Waals surface area contributed by atoms with Crippen molar-refractivity contribution in [2.24, 2.45) is 11.7 Å². The van der Waals surface area contributed by atoms with Crippen LogP contribution in [0, 0.1) is 16.0 Å². The molecule has 0 saturated heterocycles. The minimum atomic E-state index is -0.776. The number of halogens is 2. The molecule has 0 radical (unpaired) electrons. The van der Waals surface area contributed by atoms with E-state index in [1.54, 1.807) is 0 Å². The standard InChI is InChI=1S/C13H17ClN2O3.ClH/c14-9-5-6-11(16(18)19)10(7-9)12(15)13(17)8-3-1-2-4-8;/h5-8,12-13,17H,1-4,15H2;1H/t12-,13+;/m1./s1. The van der Waals surface area contributed by atoms with Crippen LogP contribution in [0.2, 0.25) is 5.02 Å².